The van der Waals surface area contributed by atoms with Crippen molar-refractivity contribution in [3.63, 3.8) is 0 Å². The third-order valence-electron chi connectivity index (χ3n) is 3.62. The summed E-state index contributed by atoms with van der Waals surface area (Å²) in [6, 6.07) is 4.62. The van der Waals surface area contributed by atoms with Crippen molar-refractivity contribution < 1.29 is 4.42 Å². The van der Waals surface area contributed by atoms with E-state index in [0.29, 0.717) is 6.04 Å². The van der Waals surface area contributed by atoms with E-state index in [9.17, 15) is 0 Å². The number of hydrogen-bond donors (Lipinski definition) is 1. The molecule has 1 N–H and O–H groups in total. The molecule has 2 heterocycles. The second kappa shape index (κ2) is 6.22. The summed E-state index contributed by atoms with van der Waals surface area (Å²) in [4.78, 5) is 2.52. The highest BCUT2D eigenvalue weighted by atomic mass is 16.3. The minimum absolute atomic E-state index is 0.579. The summed E-state index contributed by atoms with van der Waals surface area (Å²) in [7, 11) is 0. The molecule has 1 aliphatic heterocycles. The summed E-state index contributed by atoms with van der Waals surface area (Å²) in [6.45, 7) is 9.03. The lowest BCUT2D eigenvalue weighted by Crippen LogP contribution is -2.39. The molecule has 3 heteroatoms. The maximum absolute atomic E-state index is 5.45. The number of furan rings is 1. The normalized spacial score (nSPS) is 18.1. The average molecular weight is 236 g/mol. The second-order valence-corrected chi connectivity index (χ2v) is 5.30. The number of piperidine rings is 1. The van der Waals surface area contributed by atoms with Crippen molar-refractivity contribution in [3.8, 4) is 0 Å². The second-order valence-electron chi connectivity index (χ2n) is 5.30. The smallest absolute Gasteiger partial charge is 0.117 e. The van der Waals surface area contributed by atoms with E-state index in [2.05, 4.69) is 30.1 Å². The topological polar surface area (TPSA) is 28.4 Å². The van der Waals surface area contributed by atoms with Gasteiger partial charge < -0.3 is 9.73 Å². The number of nitrogens with one attached hydrogen (secondary N) is 1. The third kappa shape index (κ3) is 3.86. The molecule has 0 aromatic carbocycles. The number of nitrogens with zero attached hydrogens (tertiary/aromatic N) is 1. The van der Waals surface area contributed by atoms with Crippen molar-refractivity contribution in [2.24, 2.45) is 5.92 Å². The maximum Gasteiger partial charge on any atom is 0.117 e. The summed E-state index contributed by atoms with van der Waals surface area (Å²) in [5.74, 6) is 1.92. The lowest BCUT2D eigenvalue weighted by molar-refractivity contribution is 0.151. The van der Waals surface area contributed by atoms with Crippen LogP contribution in [0, 0.1) is 5.92 Å². The Balaban J connectivity index is 1.87. The van der Waals surface area contributed by atoms with Gasteiger partial charge in [0.1, 0.15) is 5.76 Å². The van der Waals surface area contributed by atoms with Crippen LogP contribution in [0.25, 0.3) is 0 Å². The van der Waals surface area contributed by atoms with Crippen LogP contribution < -0.4 is 5.32 Å². The Hall–Kier alpha value is -0.800. The molecule has 17 heavy (non-hydrogen) atoms. The minimum Gasteiger partial charge on any atom is -0.468 e. The van der Waals surface area contributed by atoms with Gasteiger partial charge in [-0.25, -0.2) is 0 Å². The Bertz CT molecular complexity index is 302. The molecule has 1 fully saturated rings. The van der Waals surface area contributed by atoms with E-state index in [1.165, 1.54) is 32.5 Å². The van der Waals surface area contributed by atoms with Crippen LogP contribution in [-0.4, -0.2) is 30.6 Å². The molecule has 1 saturated heterocycles. The zero-order valence-corrected chi connectivity index (χ0v) is 11.0. The first-order valence-electron chi connectivity index (χ1n) is 6.73. The van der Waals surface area contributed by atoms with E-state index in [1.807, 2.05) is 6.07 Å². The molecule has 0 aliphatic carbocycles. The molecule has 0 atom stereocenters. The summed E-state index contributed by atoms with van der Waals surface area (Å²) >= 11 is 0. The molecule has 0 saturated carbocycles. The molecule has 1 aliphatic rings. The molecule has 0 bridgehead atoms. The van der Waals surface area contributed by atoms with Crippen molar-refractivity contribution in [3.05, 3.63) is 24.2 Å². The quantitative estimate of drug-likeness (QED) is 0.851. The Morgan fingerprint density at radius 2 is 2.18 bits per heavy atom. The van der Waals surface area contributed by atoms with Crippen molar-refractivity contribution in [1.29, 1.82) is 0 Å². The Kier molecular flexibility index (Phi) is 4.63. The maximum atomic E-state index is 5.45. The van der Waals surface area contributed by atoms with Gasteiger partial charge in [-0.15, -0.1) is 0 Å². The standard InChI is InChI=1S/C14H24N2O/c1-12(2)16(11-14-4-3-9-17-14)10-13-5-7-15-8-6-13/h3-4,9,12-13,15H,5-8,10-11H2,1-2H3. The SMILES string of the molecule is CC(C)N(Cc1ccco1)CC1CCNCC1. The molecule has 0 amide bonds. The van der Waals surface area contributed by atoms with Gasteiger partial charge >= 0.3 is 0 Å². The zero-order chi connectivity index (χ0) is 12.1. The largest absolute Gasteiger partial charge is 0.468 e. The molecule has 2 rings (SSSR count). The van der Waals surface area contributed by atoms with Gasteiger partial charge in [-0.05, 0) is 57.8 Å². The number of rotatable bonds is 5. The van der Waals surface area contributed by atoms with Crippen LogP contribution in [0.4, 0.5) is 0 Å². The molecule has 1 aromatic rings. The Morgan fingerprint density at radius 1 is 1.41 bits per heavy atom. The Morgan fingerprint density at radius 3 is 2.76 bits per heavy atom. The van der Waals surface area contributed by atoms with Gasteiger partial charge in [0.05, 0.1) is 12.8 Å². The highest BCUT2D eigenvalue weighted by Crippen LogP contribution is 2.17. The summed E-state index contributed by atoms with van der Waals surface area (Å²) in [5, 5.41) is 3.43. The molecular formula is C14H24N2O. The fraction of sp³-hybridized carbons (Fsp3) is 0.714. The van der Waals surface area contributed by atoms with Crippen LogP contribution in [0.5, 0.6) is 0 Å². The molecule has 0 spiro atoms. The molecule has 3 nitrogen and oxygen atoms in total. The molecule has 96 valence electrons. The fourth-order valence-electron chi connectivity index (χ4n) is 2.46. The Labute approximate surface area is 104 Å². The van der Waals surface area contributed by atoms with E-state index in [4.69, 9.17) is 4.42 Å². The lowest BCUT2D eigenvalue weighted by atomic mass is 9.97. The van der Waals surface area contributed by atoms with Crippen molar-refractivity contribution in [2.45, 2.75) is 39.3 Å². The lowest BCUT2D eigenvalue weighted by Gasteiger charge is -2.32. The first kappa shape index (κ1) is 12.7. The van der Waals surface area contributed by atoms with Gasteiger partial charge in [-0.2, -0.15) is 0 Å². The van der Waals surface area contributed by atoms with Crippen LogP contribution in [0.3, 0.4) is 0 Å². The van der Waals surface area contributed by atoms with Crippen LogP contribution in [0.15, 0.2) is 22.8 Å². The molecule has 1 aromatic heterocycles. The zero-order valence-electron chi connectivity index (χ0n) is 11.0. The average Bonchev–Trinajstić information content (AvgIpc) is 2.82. The highest BCUT2D eigenvalue weighted by molar-refractivity contribution is 4.98. The summed E-state index contributed by atoms with van der Waals surface area (Å²) in [5.41, 5.74) is 0. The monoisotopic (exact) mass is 236 g/mol. The fourth-order valence-corrected chi connectivity index (χ4v) is 2.46. The minimum atomic E-state index is 0.579. The highest BCUT2D eigenvalue weighted by Gasteiger charge is 2.19. The van der Waals surface area contributed by atoms with Crippen LogP contribution in [-0.2, 0) is 6.54 Å². The van der Waals surface area contributed by atoms with Crippen molar-refractivity contribution in [1.82, 2.24) is 10.2 Å². The predicted octanol–water partition coefficient (Wildman–Crippen LogP) is 2.49. The van der Waals surface area contributed by atoms with E-state index in [0.717, 1.165) is 18.2 Å². The van der Waals surface area contributed by atoms with E-state index in [-0.39, 0.29) is 0 Å². The van der Waals surface area contributed by atoms with Gasteiger partial charge in [-0.3, -0.25) is 4.90 Å². The molecular weight excluding hydrogens is 212 g/mol. The first-order chi connectivity index (χ1) is 8.25. The first-order valence-corrected chi connectivity index (χ1v) is 6.73. The third-order valence-corrected chi connectivity index (χ3v) is 3.62. The molecule has 0 radical (unpaired) electrons. The van der Waals surface area contributed by atoms with Crippen molar-refractivity contribution in [2.75, 3.05) is 19.6 Å². The summed E-state index contributed by atoms with van der Waals surface area (Å²) < 4.78 is 5.45. The van der Waals surface area contributed by atoms with Gasteiger partial charge in [0.25, 0.3) is 0 Å². The van der Waals surface area contributed by atoms with E-state index in [1.54, 1.807) is 6.26 Å². The van der Waals surface area contributed by atoms with Crippen LogP contribution >= 0.6 is 0 Å². The van der Waals surface area contributed by atoms with Gasteiger partial charge in [0.15, 0.2) is 0 Å². The van der Waals surface area contributed by atoms with Crippen molar-refractivity contribution >= 4 is 0 Å². The van der Waals surface area contributed by atoms with E-state index >= 15 is 0 Å². The van der Waals surface area contributed by atoms with Gasteiger partial charge in [0, 0.05) is 12.6 Å². The van der Waals surface area contributed by atoms with Gasteiger partial charge in [-0.1, -0.05) is 0 Å². The predicted molar refractivity (Wildman–Crippen MR) is 69.8 cm³/mol. The van der Waals surface area contributed by atoms with Gasteiger partial charge in [0.2, 0.25) is 0 Å². The van der Waals surface area contributed by atoms with Crippen LogP contribution in [0.1, 0.15) is 32.4 Å². The van der Waals surface area contributed by atoms with Crippen LogP contribution in [0.2, 0.25) is 0 Å². The van der Waals surface area contributed by atoms with E-state index < -0.39 is 0 Å². The summed E-state index contributed by atoms with van der Waals surface area (Å²) in [6.07, 6.45) is 4.38. The number of hydrogen-bond acceptors (Lipinski definition) is 3. The molecule has 0 unspecified atom stereocenters.